The third-order valence-electron chi connectivity index (χ3n) is 10.5. The maximum absolute atomic E-state index is 15.6. The Kier molecular flexibility index (Phi) is 11.0. The molecule has 1 aliphatic heterocycles. The molecule has 3 fully saturated rings. The number of carbonyl (C=O) groups excluding carboxylic acids is 3. The van der Waals surface area contributed by atoms with Crippen molar-refractivity contribution in [2.24, 2.45) is 17.8 Å². The molecule has 12 heteroatoms. The predicted molar refractivity (Wildman–Crippen MR) is 170 cm³/mol. The number of likely N-dealkylation sites (tertiary alicyclic amines) is 1. The highest BCUT2D eigenvalue weighted by molar-refractivity contribution is 6.01. The molecular formula is C35H47F4N5O3. The fourth-order valence-corrected chi connectivity index (χ4v) is 7.92. The molecule has 0 bridgehead atoms. The lowest BCUT2D eigenvalue weighted by molar-refractivity contribution is -0.212. The van der Waals surface area contributed by atoms with Crippen molar-refractivity contribution in [2.45, 2.75) is 122 Å². The van der Waals surface area contributed by atoms with E-state index in [1.165, 1.54) is 19.1 Å². The highest BCUT2D eigenvalue weighted by Gasteiger charge is 2.51. The minimum Gasteiger partial charge on any atom is -0.339 e. The Hall–Kier alpha value is -3.44. The second-order valence-corrected chi connectivity index (χ2v) is 13.9. The van der Waals surface area contributed by atoms with E-state index < -0.39 is 47.7 Å². The normalized spacial score (nSPS) is 21.0. The van der Waals surface area contributed by atoms with Gasteiger partial charge in [0.25, 0.3) is 5.91 Å². The minimum atomic E-state index is -4.51. The van der Waals surface area contributed by atoms with Gasteiger partial charge in [-0.25, -0.2) is 4.39 Å². The van der Waals surface area contributed by atoms with Gasteiger partial charge in [0.15, 0.2) is 0 Å². The minimum absolute atomic E-state index is 0.00179. The first-order valence-electron chi connectivity index (χ1n) is 17.2. The summed E-state index contributed by atoms with van der Waals surface area (Å²) in [5.74, 6) is -3.12. The second-order valence-electron chi connectivity index (χ2n) is 13.9. The number of nitrogens with zero attached hydrogens (tertiary/aromatic N) is 3. The highest BCUT2D eigenvalue weighted by Crippen LogP contribution is 2.42. The van der Waals surface area contributed by atoms with E-state index in [0.29, 0.717) is 5.69 Å². The van der Waals surface area contributed by atoms with Crippen molar-refractivity contribution in [3.05, 3.63) is 47.5 Å². The average molecular weight is 662 g/mol. The number of rotatable bonds is 10. The number of alkyl halides is 3. The van der Waals surface area contributed by atoms with Crippen molar-refractivity contribution in [1.29, 1.82) is 0 Å². The summed E-state index contributed by atoms with van der Waals surface area (Å²) in [7, 11) is 0. The van der Waals surface area contributed by atoms with Crippen LogP contribution in [0.4, 0.5) is 23.2 Å². The molecule has 2 aliphatic carbocycles. The van der Waals surface area contributed by atoms with Crippen LogP contribution in [0, 0.1) is 23.6 Å². The first-order chi connectivity index (χ1) is 22.4. The molecule has 2 unspecified atom stereocenters. The number of amides is 3. The number of hydrogen-bond acceptors (Lipinski definition) is 4. The van der Waals surface area contributed by atoms with Crippen LogP contribution in [-0.2, 0) is 9.59 Å². The van der Waals surface area contributed by atoms with Gasteiger partial charge in [0, 0.05) is 18.8 Å². The monoisotopic (exact) mass is 661 g/mol. The third-order valence-corrected chi connectivity index (χ3v) is 10.5. The van der Waals surface area contributed by atoms with E-state index >= 15 is 4.39 Å². The van der Waals surface area contributed by atoms with E-state index in [4.69, 9.17) is 0 Å². The Morgan fingerprint density at radius 1 is 0.894 bits per heavy atom. The summed E-state index contributed by atoms with van der Waals surface area (Å²) in [5.41, 5.74) is 0.438. The van der Waals surface area contributed by atoms with E-state index in [1.54, 1.807) is 16.9 Å². The molecule has 2 heterocycles. The van der Waals surface area contributed by atoms with Gasteiger partial charge < -0.3 is 15.5 Å². The van der Waals surface area contributed by atoms with E-state index in [-0.39, 0.29) is 48.0 Å². The zero-order valence-corrected chi connectivity index (χ0v) is 27.5. The molecule has 1 aromatic heterocycles. The lowest BCUT2D eigenvalue weighted by Gasteiger charge is -2.43. The average Bonchev–Trinajstić information content (AvgIpc) is 3.52. The fraction of sp³-hybridized carbons (Fsp3) is 0.657. The summed E-state index contributed by atoms with van der Waals surface area (Å²) in [6.45, 7) is 5.28. The van der Waals surface area contributed by atoms with Gasteiger partial charge in [-0.2, -0.15) is 18.3 Å². The van der Waals surface area contributed by atoms with Crippen LogP contribution in [0.3, 0.4) is 0 Å². The van der Waals surface area contributed by atoms with Crippen molar-refractivity contribution in [2.75, 3.05) is 11.9 Å². The molecule has 3 aliphatic rings. The first-order valence-corrected chi connectivity index (χ1v) is 17.2. The largest absolute Gasteiger partial charge is 0.408 e. The lowest BCUT2D eigenvalue weighted by Crippen LogP contribution is -2.59. The maximum Gasteiger partial charge on any atom is 0.408 e. The Bertz CT molecular complexity index is 1400. The molecule has 8 nitrogen and oxygen atoms in total. The van der Waals surface area contributed by atoms with Crippen LogP contribution in [-0.4, -0.2) is 57.2 Å². The second kappa shape index (κ2) is 14.8. The summed E-state index contributed by atoms with van der Waals surface area (Å²) in [4.78, 5) is 41.6. The molecule has 0 radical (unpaired) electrons. The van der Waals surface area contributed by atoms with Crippen molar-refractivity contribution >= 4 is 23.4 Å². The molecule has 258 valence electrons. The molecule has 2 N–H and O–H groups in total. The summed E-state index contributed by atoms with van der Waals surface area (Å²) in [5, 5.41) is 10.1. The molecular weight excluding hydrogens is 614 g/mol. The van der Waals surface area contributed by atoms with Gasteiger partial charge in [-0.3, -0.25) is 19.1 Å². The van der Waals surface area contributed by atoms with Crippen LogP contribution in [0.5, 0.6) is 0 Å². The van der Waals surface area contributed by atoms with Gasteiger partial charge >= 0.3 is 6.18 Å². The van der Waals surface area contributed by atoms with Gasteiger partial charge in [0.2, 0.25) is 11.8 Å². The van der Waals surface area contributed by atoms with Gasteiger partial charge in [0.1, 0.15) is 23.6 Å². The third kappa shape index (κ3) is 7.83. The Morgan fingerprint density at radius 3 is 2.02 bits per heavy atom. The van der Waals surface area contributed by atoms with Crippen molar-refractivity contribution in [3.63, 3.8) is 0 Å². The van der Waals surface area contributed by atoms with Crippen LogP contribution in [0.15, 0.2) is 30.5 Å². The number of carbonyl (C=O) groups is 3. The Balaban J connectivity index is 1.40. The summed E-state index contributed by atoms with van der Waals surface area (Å²) < 4.78 is 57.0. The number of anilines is 1. The number of aromatic nitrogens is 2. The smallest absolute Gasteiger partial charge is 0.339 e. The topological polar surface area (TPSA) is 96.3 Å². The van der Waals surface area contributed by atoms with Crippen molar-refractivity contribution in [3.8, 4) is 0 Å². The summed E-state index contributed by atoms with van der Waals surface area (Å²) in [6.07, 6.45) is 7.26. The van der Waals surface area contributed by atoms with Crippen LogP contribution in [0.2, 0.25) is 0 Å². The molecule has 5 rings (SSSR count). The van der Waals surface area contributed by atoms with Crippen molar-refractivity contribution < 1.29 is 31.9 Å². The number of nitrogens with one attached hydrogen (secondary N) is 2. The molecule has 2 aromatic rings. The predicted octanol–water partition coefficient (Wildman–Crippen LogP) is 7.38. The SMILES string of the molecule is CC(C(=O)N1CC[C@H]1C(F)(F)F)c1ccc(NC(=O)C(NC(=O)c2ccnn2C(C)C)C(C2CCCCC2)C2CCCCC2)c(F)c1. The van der Waals surface area contributed by atoms with Gasteiger partial charge in [-0.15, -0.1) is 0 Å². The van der Waals surface area contributed by atoms with E-state index in [2.05, 4.69) is 15.7 Å². The van der Waals surface area contributed by atoms with Crippen LogP contribution < -0.4 is 10.6 Å². The van der Waals surface area contributed by atoms with Crippen LogP contribution in [0.1, 0.15) is 119 Å². The fourth-order valence-electron chi connectivity index (χ4n) is 7.92. The number of halogens is 4. The van der Waals surface area contributed by atoms with Crippen LogP contribution >= 0.6 is 0 Å². The molecule has 3 atom stereocenters. The van der Waals surface area contributed by atoms with Crippen molar-refractivity contribution in [1.82, 2.24) is 20.0 Å². The molecule has 2 saturated carbocycles. The van der Waals surface area contributed by atoms with E-state index in [1.807, 2.05) is 13.8 Å². The van der Waals surface area contributed by atoms with E-state index in [9.17, 15) is 27.6 Å². The Morgan fingerprint density at radius 2 is 1.51 bits per heavy atom. The van der Waals surface area contributed by atoms with Crippen LogP contribution in [0.25, 0.3) is 0 Å². The highest BCUT2D eigenvalue weighted by atomic mass is 19.4. The Labute approximate surface area is 274 Å². The standard InChI is InChI=1S/C35H47F4N5O3/c1-21(2)44-28(16-18-40-44)32(45)42-31(30(23-10-6-4-7-11-23)24-12-8-5-9-13-24)33(46)41-27-15-14-25(20-26(27)36)22(3)34(47)43-19-17-29(43)35(37,38)39/h14-16,18,20-24,29-31H,4-13,17,19H2,1-3H3,(H,41,46)(H,42,45)/t22?,29-,31?/m0/s1. The molecule has 3 amide bonds. The molecule has 1 aromatic carbocycles. The molecule has 0 spiro atoms. The van der Waals surface area contributed by atoms with E-state index in [0.717, 1.165) is 75.2 Å². The quantitative estimate of drug-likeness (QED) is 0.260. The number of hydrogen-bond donors (Lipinski definition) is 2. The molecule has 1 saturated heterocycles. The molecule has 47 heavy (non-hydrogen) atoms. The van der Waals surface area contributed by atoms with Gasteiger partial charge in [-0.05, 0) is 68.7 Å². The summed E-state index contributed by atoms with van der Waals surface area (Å²) >= 11 is 0. The lowest BCUT2D eigenvalue weighted by atomic mass is 9.66. The first kappa shape index (κ1) is 34.9. The zero-order valence-electron chi connectivity index (χ0n) is 27.5. The van der Waals surface area contributed by atoms with Gasteiger partial charge in [0.05, 0.1) is 11.6 Å². The maximum atomic E-state index is 15.6. The zero-order chi connectivity index (χ0) is 33.9. The number of benzene rings is 1. The summed E-state index contributed by atoms with van der Waals surface area (Å²) in [6, 6.07) is 2.69. The van der Waals surface area contributed by atoms with Gasteiger partial charge in [-0.1, -0.05) is 70.3 Å².